The molecule has 3 heterocycles. The molecule has 1 aliphatic rings. The van der Waals surface area contributed by atoms with Crippen molar-refractivity contribution < 1.29 is 9.53 Å². The van der Waals surface area contributed by atoms with Gasteiger partial charge >= 0.3 is 0 Å². The summed E-state index contributed by atoms with van der Waals surface area (Å²) in [6, 6.07) is 15.0. The highest BCUT2D eigenvalue weighted by molar-refractivity contribution is 8.26. The van der Waals surface area contributed by atoms with Gasteiger partial charge in [-0.3, -0.25) is 18.9 Å². The largest absolute Gasteiger partial charge is 0.385 e. The van der Waals surface area contributed by atoms with Crippen LogP contribution in [0.5, 0.6) is 0 Å². The van der Waals surface area contributed by atoms with E-state index < -0.39 is 0 Å². The van der Waals surface area contributed by atoms with Crippen LogP contribution in [0.3, 0.4) is 0 Å². The molecule has 0 spiro atoms. The Balaban J connectivity index is 1.68. The van der Waals surface area contributed by atoms with Crippen molar-refractivity contribution in [1.82, 2.24) is 14.3 Å². The monoisotopic (exact) mass is 466 g/mol. The molecule has 0 saturated carbocycles. The summed E-state index contributed by atoms with van der Waals surface area (Å²) < 4.78 is 7.03. The molecule has 4 rings (SSSR count). The molecule has 1 aromatic carbocycles. The van der Waals surface area contributed by atoms with Crippen molar-refractivity contribution in [2.45, 2.75) is 13.0 Å². The second-order valence-corrected chi connectivity index (χ2v) is 8.81. The van der Waals surface area contributed by atoms with Crippen LogP contribution in [0.2, 0.25) is 0 Å². The van der Waals surface area contributed by atoms with Gasteiger partial charge in [-0.05, 0) is 30.2 Å². The Labute approximate surface area is 195 Å². The molecule has 9 heteroatoms. The zero-order valence-electron chi connectivity index (χ0n) is 17.5. The first-order valence-electron chi connectivity index (χ1n) is 10.1. The number of aromatic nitrogens is 2. The predicted octanol–water partition coefficient (Wildman–Crippen LogP) is 3.54. The number of hydrogen-bond donors (Lipinski definition) is 1. The number of amides is 1. The van der Waals surface area contributed by atoms with Crippen molar-refractivity contribution in [2.75, 3.05) is 25.6 Å². The van der Waals surface area contributed by atoms with Gasteiger partial charge in [-0.1, -0.05) is 60.4 Å². The molecule has 164 valence electrons. The number of fused-ring (bicyclic) bond motifs is 1. The summed E-state index contributed by atoms with van der Waals surface area (Å²) in [6.45, 7) is 1.56. The first-order valence-corrected chi connectivity index (χ1v) is 11.3. The van der Waals surface area contributed by atoms with Crippen LogP contribution in [0.4, 0.5) is 5.82 Å². The number of carbonyl (C=O) groups excluding carboxylic acids is 1. The summed E-state index contributed by atoms with van der Waals surface area (Å²) in [4.78, 5) is 32.9. The Morgan fingerprint density at radius 2 is 1.94 bits per heavy atom. The fourth-order valence-corrected chi connectivity index (χ4v) is 4.56. The van der Waals surface area contributed by atoms with Crippen molar-refractivity contribution in [3.05, 3.63) is 81.1 Å². The Kier molecular flexibility index (Phi) is 6.99. The van der Waals surface area contributed by atoms with Gasteiger partial charge in [-0.25, -0.2) is 4.98 Å². The average molecular weight is 467 g/mol. The maximum atomic E-state index is 13.2. The third-order valence-corrected chi connectivity index (χ3v) is 6.30. The van der Waals surface area contributed by atoms with Crippen molar-refractivity contribution in [3.8, 4) is 0 Å². The molecule has 1 fully saturated rings. The lowest BCUT2D eigenvalue weighted by molar-refractivity contribution is -0.122. The Morgan fingerprint density at radius 3 is 2.72 bits per heavy atom. The van der Waals surface area contributed by atoms with Gasteiger partial charge in [0, 0.05) is 26.5 Å². The van der Waals surface area contributed by atoms with E-state index in [0.717, 1.165) is 12.0 Å². The molecular weight excluding hydrogens is 444 g/mol. The van der Waals surface area contributed by atoms with E-state index in [4.69, 9.17) is 17.0 Å². The number of methoxy groups -OCH3 is 1. The van der Waals surface area contributed by atoms with Gasteiger partial charge in [0.25, 0.3) is 11.5 Å². The normalized spacial score (nSPS) is 15.2. The van der Waals surface area contributed by atoms with Crippen LogP contribution in [-0.4, -0.2) is 44.8 Å². The van der Waals surface area contributed by atoms with E-state index in [1.807, 2.05) is 36.4 Å². The van der Waals surface area contributed by atoms with Gasteiger partial charge < -0.3 is 10.1 Å². The summed E-state index contributed by atoms with van der Waals surface area (Å²) in [6.07, 6.45) is 4.01. The summed E-state index contributed by atoms with van der Waals surface area (Å²) in [5.74, 6) is 0.220. The average Bonchev–Trinajstić information content (AvgIpc) is 3.07. The van der Waals surface area contributed by atoms with Crippen LogP contribution in [0.15, 0.2) is 64.4 Å². The highest BCUT2D eigenvalue weighted by Gasteiger charge is 2.32. The van der Waals surface area contributed by atoms with E-state index in [1.54, 1.807) is 36.4 Å². The number of pyridine rings is 1. The Bertz CT molecular complexity index is 1240. The highest BCUT2D eigenvalue weighted by atomic mass is 32.2. The molecule has 0 bridgehead atoms. The van der Waals surface area contributed by atoms with Gasteiger partial charge in [0.15, 0.2) is 0 Å². The molecule has 1 N–H and O–H groups in total. The molecule has 0 aliphatic carbocycles. The molecule has 0 atom stereocenters. The van der Waals surface area contributed by atoms with E-state index in [1.165, 1.54) is 16.2 Å². The molecular formula is C23H22N4O3S2. The molecule has 1 saturated heterocycles. The van der Waals surface area contributed by atoms with Gasteiger partial charge in [-0.15, -0.1) is 0 Å². The number of nitrogens with zero attached hydrogens (tertiary/aromatic N) is 3. The quantitative estimate of drug-likeness (QED) is 0.309. The van der Waals surface area contributed by atoms with Crippen molar-refractivity contribution in [3.63, 3.8) is 0 Å². The van der Waals surface area contributed by atoms with Gasteiger partial charge in [0.2, 0.25) is 0 Å². The topological polar surface area (TPSA) is 75.9 Å². The van der Waals surface area contributed by atoms with Crippen LogP contribution in [0, 0.1) is 0 Å². The fraction of sp³-hybridized carbons (Fsp3) is 0.217. The zero-order valence-corrected chi connectivity index (χ0v) is 19.1. The van der Waals surface area contributed by atoms with Crippen molar-refractivity contribution in [2.24, 2.45) is 0 Å². The number of hydrogen-bond acceptors (Lipinski definition) is 7. The fourth-order valence-electron chi connectivity index (χ4n) is 3.32. The van der Waals surface area contributed by atoms with Gasteiger partial charge in [0.1, 0.15) is 15.8 Å². The number of thioether (sulfide) groups is 1. The minimum absolute atomic E-state index is 0.216. The third-order valence-electron chi connectivity index (χ3n) is 4.92. The first-order chi connectivity index (χ1) is 15.6. The Morgan fingerprint density at radius 1 is 1.16 bits per heavy atom. The van der Waals surface area contributed by atoms with Gasteiger partial charge in [-0.2, -0.15) is 0 Å². The minimum Gasteiger partial charge on any atom is -0.385 e. The van der Waals surface area contributed by atoms with E-state index in [-0.39, 0.29) is 11.5 Å². The second-order valence-electron chi connectivity index (χ2n) is 7.13. The number of rotatable bonds is 8. The second kappa shape index (κ2) is 10.1. The molecule has 1 amide bonds. The van der Waals surface area contributed by atoms with Crippen LogP contribution in [-0.2, 0) is 16.1 Å². The molecule has 7 nitrogen and oxygen atoms in total. The molecule has 2 aromatic heterocycles. The number of anilines is 1. The van der Waals surface area contributed by atoms with E-state index in [2.05, 4.69) is 10.3 Å². The maximum Gasteiger partial charge on any atom is 0.267 e. The van der Waals surface area contributed by atoms with Crippen LogP contribution >= 0.6 is 24.0 Å². The number of nitrogens with one attached hydrogen (secondary N) is 1. The van der Waals surface area contributed by atoms with E-state index in [0.29, 0.717) is 46.0 Å². The van der Waals surface area contributed by atoms with E-state index >= 15 is 0 Å². The minimum atomic E-state index is -0.252. The SMILES string of the molecule is COCCCNc1nc2ccccn2c(=O)c1/C=C1/SC(=S)N(Cc2ccccc2)C1=O. The number of benzene rings is 1. The standard InChI is InChI=1S/C23H22N4O3S2/c1-30-13-7-11-24-20-17(21(28)26-12-6-5-10-19(26)25-20)14-18-22(29)27(23(31)32-18)15-16-8-3-2-4-9-16/h2-6,8-10,12,14,24H,7,11,13,15H2,1H3/b18-14+. The molecule has 3 aromatic rings. The number of thiocarbonyl (C=S) groups is 1. The summed E-state index contributed by atoms with van der Waals surface area (Å²) in [5.41, 5.74) is 1.59. The third kappa shape index (κ3) is 4.74. The lowest BCUT2D eigenvalue weighted by atomic mass is 10.2. The van der Waals surface area contributed by atoms with E-state index in [9.17, 15) is 9.59 Å². The lowest BCUT2D eigenvalue weighted by Gasteiger charge is -2.14. The number of carbonyl (C=O) groups is 1. The van der Waals surface area contributed by atoms with Crippen molar-refractivity contribution in [1.29, 1.82) is 0 Å². The summed E-state index contributed by atoms with van der Waals surface area (Å²) in [7, 11) is 1.64. The summed E-state index contributed by atoms with van der Waals surface area (Å²) >= 11 is 6.65. The highest BCUT2D eigenvalue weighted by Crippen LogP contribution is 2.34. The van der Waals surface area contributed by atoms with Crippen molar-refractivity contribution >= 4 is 51.7 Å². The lowest BCUT2D eigenvalue weighted by Crippen LogP contribution is -2.27. The molecule has 0 unspecified atom stereocenters. The zero-order chi connectivity index (χ0) is 22.5. The van der Waals surface area contributed by atoms with Gasteiger partial charge in [0.05, 0.1) is 17.0 Å². The smallest absolute Gasteiger partial charge is 0.267 e. The predicted molar refractivity (Wildman–Crippen MR) is 132 cm³/mol. The van der Waals surface area contributed by atoms with Crippen LogP contribution in [0.25, 0.3) is 11.7 Å². The Hall–Kier alpha value is -3.01. The van der Waals surface area contributed by atoms with Crippen LogP contribution < -0.4 is 10.9 Å². The van der Waals surface area contributed by atoms with Crippen LogP contribution in [0.1, 0.15) is 17.5 Å². The number of ether oxygens (including phenoxy) is 1. The molecule has 0 radical (unpaired) electrons. The molecule has 32 heavy (non-hydrogen) atoms. The maximum absolute atomic E-state index is 13.2. The molecule has 1 aliphatic heterocycles. The summed E-state index contributed by atoms with van der Waals surface area (Å²) in [5, 5.41) is 3.22. The first kappa shape index (κ1) is 22.2.